The summed E-state index contributed by atoms with van der Waals surface area (Å²) in [4.78, 5) is 4.48. The lowest BCUT2D eigenvalue weighted by Crippen LogP contribution is -2.45. The van der Waals surface area contributed by atoms with E-state index in [2.05, 4.69) is 71.2 Å². The summed E-state index contributed by atoms with van der Waals surface area (Å²) in [7, 11) is -1.48. The Morgan fingerprint density at radius 3 is 2.42 bits per heavy atom. The maximum Gasteiger partial charge on any atom is 0.102 e. The molecule has 2 nitrogen and oxygen atoms in total. The zero-order valence-corrected chi connectivity index (χ0v) is 12.4. The smallest absolute Gasteiger partial charge is 0.102 e. The van der Waals surface area contributed by atoms with Gasteiger partial charge in [0.2, 0.25) is 0 Å². The van der Waals surface area contributed by atoms with Crippen LogP contribution in [0.15, 0.2) is 60.9 Å². The standard InChI is InChI=1S/C16H18N2Si/c1-19(2,14-8-4-3-5-9-14)13-18-12-17-15-10-6-7-11-16(15)18/h3-12H,13H2,1-2H3. The highest BCUT2D eigenvalue weighted by Gasteiger charge is 2.24. The van der Waals surface area contributed by atoms with E-state index in [1.165, 1.54) is 10.7 Å². The van der Waals surface area contributed by atoms with E-state index in [-0.39, 0.29) is 0 Å². The van der Waals surface area contributed by atoms with Gasteiger partial charge >= 0.3 is 0 Å². The fourth-order valence-electron chi connectivity index (χ4n) is 2.54. The van der Waals surface area contributed by atoms with E-state index in [0.717, 1.165) is 11.7 Å². The molecule has 0 aliphatic rings. The number of hydrogen-bond acceptors (Lipinski definition) is 1. The quantitative estimate of drug-likeness (QED) is 0.666. The molecule has 0 radical (unpaired) electrons. The van der Waals surface area contributed by atoms with E-state index in [0.29, 0.717) is 0 Å². The van der Waals surface area contributed by atoms with Crippen molar-refractivity contribution in [1.29, 1.82) is 0 Å². The van der Waals surface area contributed by atoms with Gasteiger partial charge in [0.05, 0.1) is 17.4 Å². The van der Waals surface area contributed by atoms with Gasteiger partial charge in [-0.3, -0.25) is 0 Å². The minimum Gasteiger partial charge on any atom is -0.333 e. The van der Waals surface area contributed by atoms with E-state index in [1.807, 2.05) is 12.4 Å². The van der Waals surface area contributed by atoms with Crippen LogP contribution in [0.25, 0.3) is 11.0 Å². The molecule has 0 aliphatic carbocycles. The van der Waals surface area contributed by atoms with Crippen molar-refractivity contribution in [3.05, 3.63) is 60.9 Å². The Balaban J connectivity index is 1.96. The first-order valence-corrected chi connectivity index (χ1v) is 9.83. The molecule has 0 fully saturated rings. The van der Waals surface area contributed by atoms with E-state index in [1.54, 1.807) is 0 Å². The summed E-state index contributed by atoms with van der Waals surface area (Å²) in [6.45, 7) is 4.83. The van der Waals surface area contributed by atoms with E-state index < -0.39 is 8.07 Å². The molecule has 0 saturated heterocycles. The molecule has 0 bridgehead atoms. The highest BCUT2D eigenvalue weighted by Crippen LogP contribution is 2.15. The number of hydrogen-bond donors (Lipinski definition) is 0. The summed E-state index contributed by atoms with van der Waals surface area (Å²) in [6, 6.07) is 19.2. The molecule has 0 N–H and O–H groups in total. The van der Waals surface area contributed by atoms with Crippen LogP contribution in [-0.2, 0) is 6.17 Å². The largest absolute Gasteiger partial charge is 0.333 e. The molecule has 1 heterocycles. The maximum absolute atomic E-state index is 4.48. The Morgan fingerprint density at radius 2 is 1.63 bits per heavy atom. The summed E-state index contributed by atoms with van der Waals surface area (Å²) in [5.41, 5.74) is 2.32. The van der Waals surface area contributed by atoms with Crippen LogP contribution in [0.5, 0.6) is 0 Å². The van der Waals surface area contributed by atoms with Crippen LogP contribution in [0.3, 0.4) is 0 Å². The molecule has 0 aliphatic heterocycles. The van der Waals surface area contributed by atoms with Gasteiger partial charge in [-0.05, 0) is 12.1 Å². The molecule has 0 spiro atoms. The average Bonchev–Trinajstić information content (AvgIpc) is 2.83. The zero-order valence-electron chi connectivity index (χ0n) is 11.4. The molecule has 1 aromatic heterocycles. The van der Waals surface area contributed by atoms with Crippen molar-refractivity contribution in [2.24, 2.45) is 0 Å². The second-order valence-corrected chi connectivity index (χ2v) is 10.3. The van der Waals surface area contributed by atoms with Crippen LogP contribution in [0.1, 0.15) is 0 Å². The number of fused-ring (bicyclic) bond motifs is 1. The van der Waals surface area contributed by atoms with Gasteiger partial charge in [-0.15, -0.1) is 0 Å². The molecule has 0 unspecified atom stereocenters. The van der Waals surface area contributed by atoms with Crippen LogP contribution in [0.4, 0.5) is 0 Å². The Morgan fingerprint density at radius 1 is 0.947 bits per heavy atom. The van der Waals surface area contributed by atoms with E-state index in [4.69, 9.17) is 0 Å². The summed E-state index contributed by atoms with van der Waals surface area (Å²) in [6.07, 6.45) is 3.04. The number of aromatic nitrogens is 2. The molecule has 0 saturated carbocycles. The molecule has 2 aromatic carbocycles. The van der Waals surface area contributed by atoms with Gasteiger partial charge in [-0.25, -0.2) is 4.98 Å². The fraction of sp³-hybridized carbons (Fsp3) is 0.188. The predicted molar refractivity (Wildman–Crippen MR) is 83.3 cm³/mol. The van der Waals surface area contributed by atoms with Crippen molar-refractivity contribution in [1.82, 2.24) is 9.55 Å². The number of para-hydroxylation sites is 2. The van der Waals surface area contributed by atoms with Crippen LogP contribution in [0.2, 0.25) is 13.1 Å². The normalized spacial score (nSPS) is 11.9. The Labute approximate surface area is 114 Å². The number of benzene rings is 2. The third-order valence-corrected chi connectivity index (χ3v) is 6.68. The lowest BCUT2D eigenvalue weighted by Gasteiger charge is -2.23. The Bertz CT molecular complexity index is 686. The Kier molecular flexibility index (Phi) is 2.99. The van der Waals surface area contributed by atoms with Gasteiger partial charge in [-0.2, -0.15) is 0 Å². The topological polar surface area (TPSA) is 17.8 Å². The van der Waals surface area contributed by atoms with Crippen LogP contribution in [-0.4, -0.2) is 17.6 Å². The first-order chi connectivity index (χ1) is 9.17. The van der Waals surface area contributed by atoms with Crippen molar-refractivity contribution in [3.63, 3.8) is 0 Å². The van der Waals surface area contributed by atoms with Gasteiger partial charge in [0, 0.05) is 6.17 Å². The molecular weight excluding hydrogens is 248 g/mol. The SMILES string of the molecule is C[Si](C)(Cn1cnc2ccccc21)c1ccccc1. The first kappa shape index (κ1) is 12.2. The second kappa shape index (κ2) is 4.66. The molecule has 3 aromatic rings. The average molecular weight is 266 g/mol. The summed E-state index contributed by atoms with van der Waals surface area (Å²) in [5.74, 6) is 0. The number of nitrogens with zero attached hydrogens (tertiary/aromatic N) is 2. The predicted octanol–water partition coefficient (Wildman–Crippen LogP) is 3.19. The van der Waals surface area contributed by atoms with E-state index in [9.17, 15) is 0 Å². The summed E-state index contributed by atoms with van der Waals surface area (Å²) >= 11 is 0. The van der Waals surface area contributed by atoms with Gasteiger partial charge in [-0.1, -0.05) is 60.7 Å². The fourth-order valence-corrected chi connectivity index (χ4v) is 4.92. The minimum absolute atomic E-state index is 1.07. The van der Waals surface area contributed by atoms with Gasteiger partial charge in [0.15, 0.2) is 0 Å². The lowest BCUT2D eigenvalue weighted by molar-refractivity contribution is 0.886. The second-order valence-electron chi connectivity index (χ2n) is 5.61. The number of imidazole rings is 1. The first-order valence-electron chi connectivity index (χ1n) is 6.62. The third kappa shape index (κ3) is 2.33. The summed E-state index contributed by atoms with van der Waals surface area (Å²) in [5, 5.41) is 1.49. The zero-order chi connectivity index (χ0) is 13.3. The molecule has 0 atom stereocenters. The monoisotopic (exact) mass is 266 g/mol. The molecule has 96 valence electrons. The van der Waals surface area contributed by atoms with Crippen molar-refractivity contribution in [3.8, 4) is 0 Å². The summed E-state index contributed by atoms with van der Waals surface area (Å²) < 4.78 is 2.30. The van der Waals surface area contributed by atoms with Crippen molar-refractivity contribution in [2.75, 3.05) is 0 Å². The number of rotatable bonds is 3. The third-order valence-electron chi connectivity index (χ3n) is 3.65. The minimum atomic E-state index is -1.48. The van der Waals surface area contributed by atoms with Gasteiger partial charge < -0.3 is 4.57 Å². The van der Waals surface area contributed by atoms with Gasteiger partial charge in [0.1, 0.15) is 8.07 Å². The van der Waals surface area contributed by atoms with Crippen molar-refractivity contribution >= 4 is 24.3 Å². The Hall–Kier alpha value is -1.87. The molecule has 19 heavy (non-hydrogen) atoms. The van der Waals surface area contributed by atoms with Crippen LogP contribution < -0.4 is 5.19 Å². The maximum atomic E-state index is 4.48. The van der Waals surface area contributed by atoms with Crippen molar-refractivity contribution < 1.29 is 0 Å². The molecular formula is C16H18N2Si. The highest BCUT2D eigenvalue weighted by molar-refractivity contribution is 6.88. The lowest BCUT2D eigenvalue weighted by atomic mass is 10.3. The molecule has 3 rings (SSSR count). The molecule has 3 heteroatoms. The van der Waals surface area contributed by atoms with Crippen LogP contribution >= 0.6 is 0 Å². The van der Waals surface area contributed by atoms with Crippen molar-refractivity contribution in [2.45, 2.75) is 19.3 Å². The van der Waals surface area contributed by atoms with Gasteiger partial charge in [0.25, 0.3) is 0 Å². The highest BCUT2D eigenvalue weighted by atomic mass is 28.3. The van der Waals surface area contributed by atoms with E-state index >= 15 is 0 Å². The van der Waals surface area contributed by atoms with Crippen LogP contribution in [0, 0.1) is 0 Å². The molecule has 0 amide bonds.